The molecule has 0 saturated carbocycles. The van der Waals surface area contributed by atoms with Gasteiger partial charge >= 0.3 is 0 Å². The minimum atomic E-state index is 0.201. The maximum atomic E-state index is 11.5. The van der Waals surface area contributed by atoms with Crippen LogP contribution in [0.1, 0.15) is 30.7 Å². The van der Waals surface area contributed by atoms with E-state index >= 15 is 0 Å². The number of carbonyl (C=O) groups excluding carboxylic acids is 1. The first kappa shape index (κ1) is 10.2. The topological polar surface area (TPSA) is 72.4 Å². The summed E-state index contributed by atoms with van der Waals surface area (Å²) in [6.07, 6.45) is 2.72. The van der Waals surface area contributed by atoms with Crippen molar-refractivity contribution in [3.8, 4) is 0 Å². The second-order valence-corrected chi connectivity index (χ2v) is 3.76. The summed E-state index contributed by atoms with van der Waals surface area (Å²) in [7, 11) is 0. The standard InChI is InChI=1S/C10H15N3O2/c11-6-8-5-9(15-12-8)7-13-4-2-1-3-10(13)14/h5H,1-4,6-7,11H2. The second-order valence-electron chi connectivity index (χ2n) is 3.76. The molecule has 2 N–H and O–H groups in total. The second kappa shape index (κ2) is 4.44. The van der Waals surface area contributed by atoms with Crippen LogP contribution in [0.3, 0.4) is 0 Å². The molecule has 0 aliphatic carbocycles. The predicted molar refractivity (Wildman–Crippen MR) is 53.7 cm³/mol. The molecule has 2 heterocycles. The molecule has 0 spiro atoms. The SMILES string of the molecule is NCc1cc(CN2CCCCC2=O)on1. The molecule has 0 radical (unpaired) electrons. The van der Waals surface area contributed by atoms with E-state index in [0.29, 0.717) is 25.3 Å². The molecular weight excluding hydrogens is 194 g/mol. The van der Waals surface area contributed by atoms with Crippen molar-refractivity contribution in [2.24, 2.45) is 5.73 Å². The third-order valence-electron chi connectivity index (χ3n) is 2.58. The van der Waals surface area contributed by atoms with Crippen molar-refractivity contribution in [1.82, 2.24) is 10.1 Å². The Morgan fingerprint density at radius 1 is 1.53 bits per heavy atom. The van der Waals surface area contributed by atoms with Crippen molar-refractivity contribution in [3.63, 3.8) is 0 Å². The average Bonchev–Trinajstić information content (AvgIpc) is 2.69. The molecule has 2 rings (SSSR count). The Balaban J connectivity index is 1.98. The molecule has 1 aliphatic rings. The highest BCUT2D eigenvalue weighted by Gasteiger charge is 2.19. The highest BCUT2D eigenvalue weighted by atomic mass is 16.5. The molecule has 1 saturated heterocycles. The van der Waals surface area contributed by atoms with Crippen molar-refractivity contribution in [2.75, 3.05) is 6.54 Å². The van der Waals surface area contributed by atoms with Gasteiger partial charge in [-0.1, -0.05) is 5.16 Å². The van der Waals surface area contributed by atoms with Crippen LogP contribution in [0.4, 0.5) is 0 Å². The molecule has 0 atom stereocenters. The smallest absolute Gasteiger partial charge is 0.222 e. The van der Waals surface area contributed by atoms with Gasteiger partial charge in [-0.2, -0.15) is 0 Å². The number of piperidine rings is 1. The predicted octanol–water partition coefficient (Wildman–Crippen LogP) is 0.646. The Labute approximate surface area is 88.2 Å². The molecule has 5 heteroatoms. The quantitative estimate of drug-likeness (QED) is 0.793. The van der Waals surface area contributed by atoms with Gasteiger partial charge in [0.05, 0.1) is 12.2 Å². The van der Waals surface area contributed by atoms with Crippen LogP contribution in [0, 0.1) is 0 Å². The summed E-state index contributed by atoms with van der Waals surface area (Å²) in [4.78, 5) is 13.3. The first-order chi connectivity index (χ1) is 7.29. The Bertz CT molecular complexity index is 348. The zero-order valence-electron chi connectivity index (χ0n) is 8.61. The monoisotopic (exact) mass is 209 g/mol. The summed E-state index contributed by atoms with van der Waals surface area (Å²) >= 11 is 0. The van der Waals surface area contributed by atoms with Crippen LogP contribution < -0.4 is 5.73 Å². The third-order valence-corrected chi connectivity index (χ3v) is 2.58. The van der Waals surface area contributed by atoms with Crippen molar-refractivity contribution < 1.29 is 9.32 Å². The van der Waals surface area contributed by atoms with Crippen LogP contribution in [0.15, 0.2) is 10.6 Å². The van der Waals surface area contributed by atoms with E-state index in [1.54, 1.807) is 0 Å². The van der Waals surface area contributed by atoms with Gasteiger partial charge in [0.2, 0.25) is 5.91 Å². The van der Waals surface area contributed by atoms with Crippen LogP contribution >= 0.6 is 0 Å². The molecule has 0 unspecified atom stereocenters. The number of carbonyl (C=O) groups is 1. The fourth-order valence-corrected chi connectivity index (χ4v) is 1.74. The lowest BCUT2D eigenvalue weighted by Crippen LogP contribution is -2.34. The molecule has 1 amide bonds. The van der Waals surface area contributed by atoms with E-state index in [4.69, 9.17) is 10.3 Å². The third kappa shape index (κ3) is 2.36. The fraction of sp³-hybridized carbons (Fsp3) is 0.600. The Kier molecular flexibility index (Phi) is 3.01. The molecule has 1 fully saturated rings. The number of likely N-dealkylation sites (tertiary alicyclic amines) is 1. The minimum absolute atomic E-state index is 0.201. The van der Waals surface area contributed by atoms with Gasteiger partial charge in [0.1, 0.15) is 0 Å². The van der Waals surface area contributed by atoms with E-state index in [0.717, 1.165) is 25.1 Å². The molecule has 0 aromatic carbocycles. The Morgan fingerprint density at radius 3 is 3.07 bits per heavy atom. The maximum absolute atomic E-state index is 11.5. The Morgan fingerprint density at radius 2 is 2.40 bits per heavy atom. The number of nitrogens with zero attached hydrogens (tertiary/aromatic N) is 2. The average molecular weight is 209 g/mol. The van der Waals surface area contributed by atoms with E-state index in [1.807, 2.05) is 11.0 Å². The van der Waals surface area contributed by atoms with Gasteiger partial charge in [0.15, 0.2) is 5.76 Å². The fourth-order valence-electron chi connectivity index (χ4n) is 1.74. The van der Waals surface area contributed by atoms with E-state index in [1.165, 1.54) is 0 Å². The van der Waals surface area contributed by atoms with Gasteiger partial charge < -0.3 is 15.2 Å². The van der Waals surface area contributed by atoms with Crippen molar-refractivity contribution >= 4 is 5.91 Å². The van der Waals surface area contributed by atoms with Crippen LogP contribution in [0.5, 0.6) is 0 Å². The summed E-state index contributed by atoms with van der Waals surface area (Å²) in [5, 5.41) is 3.79. The summed E-state index contributed by atoms with van der Waals surface area (Å²) < 4.78 is 5.08. The van der Waals surface area contributed by atoms with E-state index in [9.17, 15) is 4.79 Å². The number of nitrogens with two attached hydrogens (primary N) is 1. The zero-order chi connectivity index (χ0) is 10.7. The van der Waals surface area contributed by atoms with E-state index < -0.39 is 0 Å². The zero-order valence-corrected chi connectivity index (χ0v) is 8.61. The highest BCUT2D eigenvalue weighted by molar-refractivity contribution is 5.76. The lowest BCUT2D eigenvalue weighted by molar-refractivity contribution is -0.134. The lowest BCUT2D eigenvalue weighted by Gasteiger charge is -2.25. The van der Waals surface area contributed by atoms with Crippen LogP contribution in [-0.4, -0.2) is 22.5 Å². The summed E-state index contributed by atoms with van der Waals surface area (Å²) in [5.41, 5.74) is 6.15. The van der Waals surface area contributed by atoms with Crippen LogP contribution in [0.2, 0.25) is 0 Å². The largest absolute Gasteiger partial charge is 0.359 e. The molecule has 15 heavy (non-hydrogen) atoms. The van der Waals surface area contributed by atoms with Gasteiger partial charge in [-0.05, 0) is 12.8 Å². The van der Waals surface area contributed by atoms with E-state index in [-0.39, 0.29) is 5.91 Å². The van der Waals surface area contributed by atoms with Crippen molar-refractivity contribution in [2.45, 2.75) is 32.4 Å². The van der Waals surface area contributed by atoms with Gasteiger partial charge in [-0.25, -0.2) is 0 Å². The Hall–Kier alpha value is -1.36. The molecule has 1 aliphatic heterocycles. The van der Waals surface area contributed by atoms with Gasteiger partial charge in [-0.15, -0.1) is 0 Å². The van der Waals surface area contributed by atoms with Gasteiger partial charge in [0.25, 0.3) is 0 Å². The molecular formula is C10H15N3O2. The molecule has 5 nitrogen and oxygen atoms in total. The van der Waals surface area contributed by atoms with Crippen molar-refractivity contribution in [1.29, 1.82) is 0 Å². The summed E-state index contributed by atoms with van der Waals surface area (Å²) in [6.45, 7) is 1.71. The highest BCUT2D eigenvalue weighted by Crippen LogP contribution is 2.14. The maximum Gasteiger partial charge on any atom is 0.222 e. The molecule has 1 aromatic rings. The van der Waals surface area contributed by atoms with E-state index in [2.05, 4.69) is 5.16 Å². The lowest BCUT2D eigenvalue weighted by atomic mass is 10.1. The number of rotatable bonds is 3. The summed E-state index contributed by atoms with van der Waals surface area (Å²) in [5.74, 6) is 0.914. The number of amides is 1. The van der Waals surface area contributed by atoms with Crippen molar-refractivity contribution in [3.05, 3.63) is 17.5 Å². The minimum Gasteiger partial charge on any atom is -0.359 e. The van der Waals surface area contributed by atoms with Crippen LogP contribution in [0.25, 0.3) is 0 Å². The number of aromatic nitrogens is 1. The molecule has 1 aromatic heterocycles. The number of hydrogen-bond donors (Lipinski definition) is 1. The van der Waals surface area contributed by atoms with Crippen LogP contribution in [-0.2, 0) is 17.9 Å². The normalized spacial score (nSPS) is 17.1. The molecule has 0 bridgehead atoms. The van der Waals surface area contributed by atoms with Gasteiger partial charge in [-0.3, -0.25) is 4.79 Å². The number of hydrogen-bond acceptors (Lipinski definition) is 4. The summed E-state index contributed by atoms with van der Waals surface area (Å²) in [6, 6.07) is 1.81. The first-order valence-electron chi connectivity index (χ1n) is 5.22. The first-order valence-corrected chi connectivity index (χ1v) is 5.22. The molecule has 82 valence electrons. The van der Waals surface area contributed by atoms with Gasteiger partial charge in [0, 0.05) is 25.6 Å².